The van der Waals surface area contributed by atoms with Gasteiger partial charge in [0.15, 0.2) is 0 Å². The van der Waals surface area contributed by atoms with Gasteiger partial charge in [-0.15, -0.1) is 0 Å². The van der Waals surface area contributed by atoms with Gasteiger partial charge >= 0.3 is 118 Å². The topological polar surface area (TPSA) is 54.5 Å². The summed E-state index contributed by atoms with van der Waals surface area (Å²) in [7, 11) is 7.03. The molecule has 0 aromatic carbocycles. The molecule has 0 radical (unpaired) electrons. The van der Waals surface area contributed by atoms with E-state index in [-0.39, 0.29) is 0 Å². The van der Waals surface area contributed by atoms with E-state index in [1.165, 1.54) is 0 Å². The fourth-order valence-corrected chi connectivity index (χ4v) is 9.69. The molecular formula is C13H11ClN4Os. The van der Waals surface area contributed by atoms with Crippen molar-refractivity contribution in [2.45, 2.75) is 0 Å². The van der Waals surface area contributed by atoms with Gasteiger partial charge in [-0.05, 0) is 0 Å². The zero-order valence-electron chi connectivity index (χ0n) is 9.85. The van der Waals surface area contributed by atoms with Gasteiger partial charge in [0.2, 0.25) is 0 Å². The van der Waals surface area contributed by atoms with E-state index < -0.39 is 14.0 Å². The van der Waals surface area contributed by atoms with Crippen LogP contribution in [0, 0.1) is 0 Å². The molecule has 0 fully saturated rings. The first-order valence-corrected chi connectivity index (χ1v) is 12.5. The number of hydrogen-bond donors (Lipinski definition) is 1. The average molecular weight is 449 g/mol. The van der Waals surface area contributed by atoms with Gasteiger partial charge in [0.25, 0.3) is 0 Å². The molecule has 3 aromatic heterocycles. The zero-order chi connectivity index (χ0) is 13.1. The minimum absolute atomic E-state index is 0.798. The second kappa shape index (κ2) is 5.20. The Balaban J connectivity index is 2.23. The van der Waals surface area contributed by atoms with Gasteiger partial charge in [0.1, 0.15) is 0 Å². The maximum absolute atomic E-state index is 7.03. The Morgan fingerprint density at radius 3 is 1.89 bits per heavy atom. The molecule has 0 aliphatic carbocycles. The van der Waals surface area contributed by atoms with Crippen LogP contribution < -0.4 is 12.9 Å². The van der Waals surface area contributed by atoms with Crippen molar-refractivity contribution < 1.29 is 14.0 Å². The molecule has 6 heteroatoms. The third-order valence-corrected chi connectivity index (χ3v) is 13.2. The molecule has 1 N–H and O–H groups in total. The number of halogens is 1. The first-order valence-electron chi connectivity index (χ1n) is 5.56. The molecule has 3 aromatic rings. The number of aromatic nitrogens is 4. The van der Waals surface area contributed by atoms with E-state index in [0.717, 1.165) is 12.9 Å². The Morgan fingerprint density at radius 2 is 1.47 bits per heavy atom. The Morgan fingerprint density at radius 1 is 0.842 bits per heavy atom. The molecule has 3 rings (SSSR count). The monoisotopic (exact) mass is 450 g/mol. The SMILES string of the molecule is [Cl][Os]([c]1ccccn1)([c]1ccccn1)[c]1ncc[nH]1. The number of imidazole rings is 1. The molecule has 4 nitrogen and oxygen atoms in total. The molecule has 0 unspecified atom stereocenters. The van der Waals surface area contributed by atoms with E-state index in [4.69, 9.17) is 9.64 Å². The van der Waals surface area contributed by atoms with Gasteiger partial charge in [-0.25, -0.2) is 0 Å². The molecule has 0 saturated carbocycles. The van der Waals surface area contributed by atoms with Crippen molar-refractivity contribution in [2.24, 2.45) is 0 Å². The van der Waals surface area contributed by atoms with Crippen LogP contribution in [0.3, 0.4) is 0 Å². The zero-order valence-corrected chi connectivity index (χ0v) is 13.1. The number of pyridine rings is 2. The van der Waals surface area contributed by atoms with E-state index in [0.29, 0.717) is 0 Å². The maximum atomic E-state index is 7.03. The van der Waals surface area contributed by atoms with Gasteiger partial charge in [-0.2, -0.15) is 0 Å². The standard InChI is InChI=1S/2C5H4N.C3H3N2.ClH.Os/c2*1-2-4-6-5-3-1;1-2-5-3-4-1;;/h2*1-4H;1-2H,(H,4,5);1H;/q;;;;+1/p-1. The van der Waals surface area contributed by atoms with Crippen molar-refractivity contribution in [2.75, 3.05) is 0 Å². The summed E-state index contributed by atoms with van der Waals surface area (Å²) in [6.45, 7) is 0. The molecule has 98 valence electrons. The summed E-state index contributed by atoms with van der Waals surface area (Å²) in [6, 6.07) is 11.5. The molecule has 19 heavy (non-hydrogen) atoms. The van der Waals surface area contributed by atoms with Crippen molar-refractivity contribution in [3.05, 3.63) is 61.2 Å². The number of aromatic amines is 1. The van der Waals surface area contributed by atoms with Gasteiger partial charge in [-0.1, -0.05) is 0 Å². The van der Waals surface area contributed by atoms with Crippen molar-refractivity contribution in [1.82, 2.24) is 19.9 Å². The van der Waals surface area contributed by atoms with Crippen molar-refractivity contribution in [3.63, 3.8) is 0 Å². The number of nitrogens with zero attached hydrogens (tertiary/aromatic N) is 3. The minimum atomic E-state index is -3.44. The number of H-pyrrole nitrogens is 1. The summed E-state index contributed by atoms with van der Waals surface area (Å²) in [5.74, 6) is 0. The summed E-state index contributed by atoms with van der Waals surface area (Å²) in [6.07, 6.45) is 7.01. The summed E-state index contributed by atoms with van der Waals surface area (Å²) in [5, 5.41) is 0. The molecule has 3 heterocycles. The van der Waals surface area contributed by atoms with Crippen molar-refractivity contribution in [1.29, 1.82) is 0 Å². The first-order chi connectivity index (χ1) is 9.32. The number of nitrogens with one attached hydrogen (secondary N) is 1. The predicted molar refractivity (Wildman–Crippen MR) is 71.8 cm³/mol. The summed E-state index contributed by atoms with van der Waals surface area (Å²) in [5.41, 5.74) is 0. The van der Waals surface area contributed by atoms with E-state index >= 15 is 0 Å². The van der Waals surface area contributed by atoms with Crippen LogP contribution in [0.5, 0.6) is 0 Å². The van der Waals surface area contributed by atoms with Crippen molar-refractivity contribution >= 4 is 22.5 Å². The van der Waals surface area contributed by atoms with Gasteiger partial charge < -0.3 is 0 Å². The molecule has 0 atom stereocenters. The van der Waals surface area contributed by atoms with Crippen LogP contribution >= 0.6 is 9.64 Å². The third-order valence-electron chi connectivity index (χ3n) is 2.43. The molecule has 0 saturated heterocycles. The fraction of sp³-hybridized carbons (Fsp3) is 0. The average Bonchev–Trinajstić information content (AvgIpc) is 3.03. The fourth-order valence-electron chi connectivity index (χ4n) is 1.60. The Hall–Kier alpha value is -1.56. The van der Waals surface area contributed by atoms with E-state index in [2.05, 4.69) is 19.9 Å². The molecule has 0 spiro atoms. The van der Waals surface area contributed by atoms with E-state index in [9.17, 15) is 0 Å². The van der Waals surface area contributed by atoms with Crippen LogP contribution in [-0.2, 0) is 14.0 Å². The normalized spacial score (nSPS) is 12.3. The predicted octanol–water partition coefficient (Wildman–Crippen LogP) is 0.784. The molecule has 0 amide bonds. The van der Waals surface area contributed by atoms with Crippen LogP contribution in [0.4, 0.5) is 0 Å². The summed E-state index contributed by atoms with van der Waals surface area (Å²) >= 11 is -3.44. The number of rotatable bonds is 3. The van der Waals surface area contributed by atoms with E-state index in [1.54, 1.807) is 24.8 Å². The Kier molecular flexibility index (Phi) is 3.41. The second-order valence-corrected chi connectivity index (χ2v) is 14.0. The Labute approximate surface area is 117 Å². The summed E-state index contributed by atoms with van der Waals surface area (Å²) < 4.78 is 2.56. The molecule has 0 aliphatic rings. The Bertz CT molecular complexity index is 603. The third kappa shape index (κ3) is 2.20. The van der Waals surface area contributed by atoms with E-state index in [1.807, 2.05) is 36.4 Å². The molecule has 0 aliphatic heterocycles. The second-order valence-electron chi connectivity index (χ2n) is 3.61. The van der Waals surface area contributed by atoms with Crippen molar-refractivity contribution in [3.8, 4) is 0 Å². The summed E-state index contributed by atoms with van der Waals surface area (Å²) in [4.78, 5) is 16.4. The number of hydrogen-bond acceptors (Lipinski definition) is 3. The van der Waals surface area contributed by atoms with Crippen LogP contribution in [0.15, 0.2) is 61.2 Å². The molecular weight excluding hydrogens is 438 g/mol. The van der Waals surface area contributed by atoms with Crippen LogP contribution in [-0.4, -0.2) is 19.9 Å². The van der Waals surface area contributed by atoms with Crippen LogP contribution in [0.25, 0.3) is 0 Å². The first kappa shape index (κ1) is 12.5. The van der Waals surface area contributed by atoms with Gasteiger partial charge in [-0.3, -0.25) is 0 Å². The van der Waals surface area contributed by atoms with Gasteiger partial charge in [0, 0.05) is 0 Å². The van der Waals surface area contributed by atoms with Crippen LogP contribution in [0.1, 0.15) is 0 Å². The van der Waals surface area contributed by atoms with Crippen LogP contribution in [0.2, 0.25) is 0 Å². The molecule has 0 bridgehead atoms. The van der Waals surface area contributed by atoms with Gasteiger partial charge in [0.05, 0.1) is 0 Å². The quantitative estimate of drug-likeness (QED) is 0.644.